The Hall–Kier alpha value is -0.460. The highest BCUT2D eigenvalue weighted by molar-refractivity contribution is 7.09. The van der Waals surface area contributed by atoms with E-state index in [-0.39, 0.29) is 12.4 Å². The zero-order valence-corrected chi connectivity index (χ0v) is 16.9. The molecule has 0 amide bonds. The molecule has 3 heterocycles. The van der Waals surface area contributed by atoms with Gasteiger partial charge in [-0.3, -0.25) is 4.90 Å². The summed E-state index contributed by atoms with van der Waals surface area (Å²) in [6, 6.07) is 3.07. The molecule has 3 fully saturated rings. The molecule has 6 heteroatoms. The number of nitrogens with one attached hydrogen (secondary N) is 1. The minimum atomic E-state index is 0. The number of piperidine rings is 1. The number of halogens is 1. The van der Waals surface area contributed by atoms with Gasteiger partial charge in [0.1, 0.15) is 0 Å². The Kier molecular flexibility index (Phi) is 5.22. The van der Waals surface area contributed by atoms with Crippen molar-refractivity contribution < 1.29 is 0 Å². The van der Waals surface area contributed by atoms with E-state index in [9.17, 15) is 0 Å². The molecule has 1 atom stereocenters. The first-order valence-corrected chi connectivity index (χ1v) is 11.0. The van der Waals surface area contributed by atoms with Crippen LogP contribution in [-0.2, 0) is 13.1 Å². The van der Waals surface area contributed by atoms with Gasteiger partial charge in [0.15, 0.2) is 0 Å². The fourth-order valence-corrected chi connectivity index (χ4v) is 6.00. The molecule has 1 aliphatic heterocycles. The van der Waals surface area contributed by atoms with Crippen LogP contribution in [0.2, 0.25) is 0 Å². The number of hydrogen-bond acceptors (Lipinski definition) is 5. The minimum absolute atomic E-state index is 0. The van der Waals surface area contributed by atoms with E-state index in [0.717, 1.165) is 25.0 Å². The second kappa shape index (κ2) is 7.28. The molecule has 136 valence electrons. The Morgan fingerprint density at radius 3 is 2.80 bits per heavy atom. The summed E-state index contributed by atoms with van der Waals surface area (Å²) in [4.78, 5) is 9.00. The predicted molar refractivity (Wildman–Crippen MR) is 108 cm³/mol. The molecule has 2 saturated carbocycles. The topological polar surface area (TPSA) is 28.2 Å². The van der Waals surface area contributed by atoms with Gasteiger partial charge in [-0.1, -0.05) is 0 Å². The Balaban J connectivity index is 0.00000157. The van der Waals surface area contributed by atoms with Crippen molar-refractivity contribution in [2.75, 3.05) is 13.1 Å². The molecule has 2 aliphatic carbocycles. The molecule has 25 heavy (non-hydrogen) atoms. The Morgan fingerprint density at radius 1 is 1.24 bits per heavy atom. The SMILES string of the molecule is Cl.c1cc(CN(Cc2scnc2C2CC2)C2CC23CCNCC3)cs1. The van der Waals surface area contributed by atoms with E-state index < -0.39 is 0 Å². The van der Waals surface area contributed by atoms with Gasteiger partial charge in [-0.25, -0.2) is 4.98 Å². The van der Waals surface area contributed by atoms with E-state index in [4.69, 9.17) is 4.98 Å². The highest BCUT2D eigenvalue weighted by Crippen LogP contribution is 2.56. The van der Waals surface area contributed by atoms with Crippen LogP contribution >= 0.6 is 35.1 Å². The van der Waals surface area contributed by atoms with E-state index in [1.165, 1.54) is 61.3 Å². The van der Waals surface area contributed by atoms with Gasteiger partial charge in [-0.15, -0.1) is 23.7 Å². The number of thiazole rings is 1. The number of rotatable bonds is 6. The van der Waals surface area contributed by atoms with Crippen LogP contribution in [0.1, 0.15) is 54.2 Å². The molecule has 3 aliphatic rings. The fourth-order valence-electron chi connectivity index (χ4n) is 4.47. The van der Waals surface area contributed by atoms with Crippen molar-refractivity contribution in [3.63, 3.8) is 0 Å². The molecule has 5 rings (SSSR count). The lowest BCUT2D eigenvalue weighted by atomic mass is 9.93. The van der Waals surface area contributed by atoms with Crippen molar-refractivity contribution in [3.8, 4) is 0 Å². The normalized spacial score (nSPS) is 24.4. The largest absolute Gasteiger partial charge is 0.317 e. The van der Waals surface area contributed by atoms with Crippen LogP contribution in [0.4, 0.5) is 0 Å². The summed E-state index contributed by atoms with van der Waals surface area (Å²) >= 11 is 3.70. The summed E-state index contributed by atoms with van der Waals surface area (Å²) in [6.07, 6.45) is 6.81. The first kappa shape index (κ1) is 17.9. The molecule has 1 saturated heterocycles. The Labute approximate surface area is 164 Å². The van der Waals surface area contributed by atoms with Gasteiger partial charge < -0.3 is 5.32 Å². The monoisotopic (exact) mass is 395 g/mol. The van der Waals surface area contributed by atoms with Crippen LogP contribution in [0, 0.1) is 5.41 Å². The summed E-state index contributed by atoms with van der Waals surface area (Å²) < 4.78 is 0. The Bertz CT molecular complexity index is 689. The first-order valence-electron chi connectivity index (χ1n) is 9.22. The molecular weight excluding hydrogens is 370 g/mol. The van der Waals surface area contributed by atoms with Crippen LogP contribution < -0.4 is 5.32 Å². The van der Waals surface area contributed by atoms with Crippen molar-refractivity contribution in [2.45, 2.75) is 57.2 Å². The van der Waals surface area contributed by atoms with Crippen molar-refractivity contribution in [1.29, 1.82) is 0 Å². The van der Waals surface area contributed by atoms with Crippen LogP contribution in [0.3, 0.4) is 0 Å². The van der Waals surface area contributed by atoms with Gasteiger partial charge in [0, 0.05) is 29.9 Å². The number of aromatic nitrogens is 1. The summed E-state index contributed by atoms with van der Waals surface area (Å²) in [5.74, 6) is 0.765. The van der Waals surface area contributed by atoms with Gasteiger partial charge in [0.05, 0.1) is 11.2 Å². The van der Waals surface area contributed by atoms with Crippen LogP contribution in [0.15, 0.2) is 22.3 Å². The highest BCUT2D eigenvalue weighted by Gasteiger charge is 2.56. The maximum absolute atomic E-state index is 4.70. The van der Waals surface area contributed by atoms with Gasteiger partial charge >= 0.3 is 0 Å². The lowest BCUT2D eigenvalue weighted by Crippen LogP contribution is -2.35. The fraction of sp³-hybridized carbons (Fsp3) is 0.632. The lowest BCUT2D eigenvalue weighted by molar-refractivity contribution is 0.189. The molecular formula is C19H26ClN3S2. The van der Waals surface area contributed by atoms with Crippen molar-refractivity contribution >= 4 is 35.1 Å². The number of nitrogens with zero attached hydrogens (tertiary/aromatic N) is 2. The zero-order valence-electron chi connectivity index (χ0n) is 14.4. The van der Waals surface area contributed by atoms with Crippen LogP contribution in [-0.4, -0.2) is 29.0 Å². The molecule has 3 nitrogen and oxygen atoms in total. The second-order valence-corrected chi connectivity index (χ2v) is 9.52. The Morgan fingerprint density at radius 2 is 2.08 bits per heavy atom. The van der Waals surface area contributed by atoms with E-state index in [1.807, 2.05) is 22.7 Å². The molecule has 2 aromatic rings. The first-order chi connectivity index (χ1) is 11.8. The summed E-state index contributed by atoms with van der Waals surface area (Å²) in [5, 5.41) is 8.07. The van der Waals surface area contributed by atoms with Crippen molar-refractivity contribution in [1.82, 2.24) is 15.2 Å². The van der Waals surface area contributed by atoms with E-state index in [1.54, 1.807) is 0 Å². The average Bonchev–Trinajstić information content (AvgIpc) is 3.44. The van der Waals surface area contributed by atoms with Gasteiger partial charge in [0.25, 0.3) is 0 Å². The molecule has 0 bridgehead atoms. The summed E-state index contributed by atoms with van der Waals surface area (Å²) in [7, 11) is 0. The van der Waals surface area contributed by atoms with Gasteiger partial charge in [0.2, 0.25) is 0 Å². The van der Waals surface area contributed by atoms with Gasteiger partial charge in [-0.2, -0.15) is 11.3 Å². The maximum Gasteiger partial charge on any atom is 0.0798 e. The molecule has 1 unspecified atom stereocenters. The van der Waals surface area contributed by atoms with Crippen LogP contribution in [0.5, 0.6) is 0 Å². The predicted octanol–water partition coefficient (Wildman–Crippen LogP) is 4.65. The standard InChI is InChI=1S/C19H25N3S2.ClH/c1-2-15(1)18-16(24-13-21-18)11-22(10-14-3-8-23-12-14)17-9-19(17)4-6-20-7-5-19;/h3,8,12-13,15,17,20H,1-2,4-7,9-11H2;1H. The molecule has 1 N–H and O–H groups in total. The smallest absolute Gasteiger partial charge is 0.0798 e. The molecule has 0 radical (unpaired) electrons. The number of thiophene rings is 1. The maximum atomic E-state index is 4.70. The lowest BCUT2D eigenvalue weighted by Gasteiger charge is -2.29. The average molecular weight is 396 g/mol. The van der Waals surface area contributed by atoms with E-state index in [2.05, 4.69) is 32.6 Å². The van der Waals surface area contributed by atoms with Crippen molar-refractivity contribution in [3.05, 3.63) is 38.5 Å². The highest BCUT2D eigenvalue weighted by atomic mass is 35.5. The number of hydrogen-bond donors (Lipinski definition) is 1. The molecule has 1 spiro atoms. The third-order valence-corrected chi connectivity index (χ3v) is 7.70. The van der Waals surface area contributed by atoms with Crippen LogP contribution in [0.25, 0.3) is 0 Å². The van der Waals surface area contributed by atoms with Gasteiger partial charge in [-0.05, 0) is 73.0 Å². The summed E-state index contributed by atoms with van der Waals surface area (Å²) in [6.45, 7) is 4.62. The van der Waals surface area contributed by atoms with Crippen molar-refractivity contribution in [2.24, 2.45) is 5.41 Å². The van der Waals surface area contributed by atoms with E-state index >= 15 is 0 Å². The zero-order chi connectivity index (χ0) is 16.0. The molecule has 2 aromatic heterocycles. The second-order valence-electron chi connectivity index (χ2n) is 7.80. The summed E-state index contributed by atoms with van der Waals surface area (Å²) in [5.41, 5.74) is 5.56. The third-order valence-electron chi connectivity index (χ3n) is 6.14. The molecule has 0 aromatic carbocycles. The third kappa shape index (κ3) is 3.67. The van der Waals surface area contributed by atoms with E-state index in [0.29, 0.717) is 5.41 Å². The minimum Gasteiger partial charge on any atom is -0.317 e. The quantitative estimate of drug-likeness (QED) is 0.771.